The predicted molar refractivity (Wildman–Crippen MR) is 108 cm³/mol. The van der Waals surface area contributed by atoms with Gasteiger partial charge in [0, 0.05) is 11.5 Å². The molecule has 1 fully saturated rings. The Bertz CT molecular complexity index is 1040. The van der Waals surface area contributed by atoms with Gasteiger partial charge in [-0.05, 0) is 43.2 Å². The number of hydrogen-bond donors (Lipinski definition) is 3. The second-order valence-electron chi connectivity index (χ2n) is 6.52. The molecule has 0 saturated heterocycles. The van der Waals surface area contributed by atoms with Crippen molar-refractivity contribution >= 4 is 39.1 Å². The first-order chi connectivity index (χ1) is 13.8. The van der Waals surface area contributed by atoms with E-state index >= 15 is 0 Å². The van der Waals surface area contributed by atoms with Gasteiger partial charge in [0.15, 0.2) is 0 Å². The molecular formula is C19H20ClN3O5S. The highest BCUT2D eigenvalue weighted by molar-refractivity contribution is 7.92. The minimum absolute atomic E-state index is 0.0312. The molecule has 3 N–H and O–H groups in total. The molecule has 1 saturated carbocycles. The summed E-state index contributed by atoms with van der Waals surface area (Å²) < 4.78 is 33.2. The van der Waals surface area contributed by atoms with Crippen molar-refractivity contribution in [2.75, 3.05) is 11.8 Å². The SMILES string of the molecule is COc1ccccc1NS(=O)(=O)c1cc(C(=O)NNC(=O)C2CCC2)ccc1Cl. The number of carbonyl (C=O) groups is 2. The van der Waals surface area contributed by atoms with Crippen molar-refractivity contribution in [1.82, 2.24) is 10.9 Å². The van der Waals surface area contributed by atoms with E-state index in [2.05, 4.69) is 15.6 Å². The Morgan fingerprint density at radius 2 is 1.83 bits per heavy atom. The Labute approximate surface area is 173 Å². The first-order valence-electron chi connectivity index (χ1n) is 8.87. The molecule has 0 atom stereocenters. The van der Waals surface area contributed by atoms with Gasteiger partial charge in [0.25, 0.3) is 15.9 Å². The van der Waals surface area contributed by atoms with Crippen molar-refractivity contribution in [2.45, 2.75) is 24.2 Å². The largest absolute Gasteiger partial charge is 0.495 e. The lowest BCUT2D eigenvalue weighted by Crippen LogP contribution is -2.46. The van der Waals surface area contributed by atoms with Gasteiger partial charge in [-0.3, -0.25) is 25.2 Å². The zero-order valence-electron chi connectivity index (χ0n) is 15.6. The standard InChI is InChI=1S/C19H20ClN3O5S/c1-28-16-8-3-2-7-15(16)23-29(26,27)17-11-13(9-10-14(17)20)19(25)22-21-18(24)12-5-4-6-12/h2-3,7-12,23H,4-6H2,1H3,(H,21,24)(H,22,25). The van der Waals surface area contributed by atoms with Crippen LogP contribution in [0.4, 0.5) is 5.69 Å². The van der Waals surface area contributed by atoms with Crippen molar-refractivity contribution in [1.29, 1.82) is 0 Å². The average Bonchev–Trinajstić information content (AvgIpc) is 2.65. The summed E-state index contributed by atoms with van der Waals surface area (Å²) in [6, 6.07) is 10.3. The Hall–Kier alpha value is -2.78. The van der Waals surface area contributed by atoms with E-state index in [4.69, 9.17) is 16.3 Å². The van der Waals surface area contributed by atoms with Gasteiger partial charge in [0.2, 0.25) is 5.91 Å². The van der Waals surface area contributed by atoms with Crippen molar-refractivity contribution in [3.63, 3.8) is 0 Å². The second-order valence-corrected chi connectivity index (χ2v) is 8.58. The van der Waals surface area contributed by atoms with E-state index in [9.17, 15) is 18.0 Å². The monoisotopic (exact) mass is 437 g/mol. The lowest BCUT2D eigenvalue weighted by atomic mass is 9.85. The molecule has 2 amide bonds. The number of benzene rings is 2. The van der Waals surface area contributed by atoms with Crippen molar-refractivity contribution in [3.8, 4) is 5.75 Å². The highest BCUT2D eigenvalue weighted by atomic mass is 35.5. The maximum Gasteiger partial charge on any atom is 0.269 e. The lowest BCUT2D eigenvalue weighted by molar-refractivity contribution is -0.128. The van der Waals surface area contributed by atoms with E-state index in [-0.39, 0.29) is 33.0 Å². The maximum atomic E-state index is 12.8. The topological polar surface area (TPSA) is 114 Å². The zero-order chi connectivity index (χ0) is 21.0. The molecule has 0 bridgehead atoms. The molecule has 0 unspecified atom stereocenters. The fourth-order valence-corrected chi connectivity index (χ4v) is 4.34. The molecule has 154 valence electrons. The van der Waals surface area contributed by atoms with Gasteiger partial charge < -0.3 is 4.74 Å². The Morgan fingerprint density at radius 1 is 1.10 bits per heavy atom. The molecule has 0 spiro atoms. The van der Waals surface area contributed by atoms with E-state index in [1.165, 1.54) is 25.3 Å². The van der Waals surface area contributed by atoms with Crippen LogP contribution >= 0.6 is 11.6 Å². The van der Waals surface area contributed by atoms with Crippen LogP contribution in [-0.2, 0) is 14.8 Å². The van der Waals surface area contributed by atoms with Crippen LogP contribution in [0.25, 0.3) is 0 Å². The molecule has 0 radical (unpaired) electrons. The number of sulfonamides is 1. The molecule has 0 aromatic heterocycles. The summed E-state index contributed by atoms with van der Waals surface area (Å²) in [5, 5.41) is -0.0533. The van der Waals surface area contributed by atoms with E-state index in [0.29, 0.717) is 5.75 Å². The number of methoxy groups -OCH3 is 1. The minimum Gasteiger partial charge on any atom is -0.495 e. The second kappa shape index (κ2) is 8.71. The number of halogens is 1. The molecule has 1 aliphatic rings. The van der Waals surface area contributed by atoms with Crippen LogP contribution in [0.2, 0.25) is 5.02 Å². The van der Waals surface area contributed by atoms with Gasteiger partial charge >= 0.3 is 0 Å². The minimum atomic E-state index is -4.10. The molecule has 8 nitrogen and oxygen atoms in total. The highest BCUT2D eigenvalue weighted by Gasteiger charge is 2.26. The number of anilines is 1. The van der Waals surface area contributed by atoms with E-state index in [0.717, 1.165) is 25.3 Å². The Balaban J connectivity index is 1.78. The van der Waals surface area contributed by atoms with Gasteiger partial charge in [0.1, 0.15) is 10.6 Å². The van der Waals surface area contributed by atoms with E-state index < -0.39 is 15.9 Å². The van der Waals surface area contributed by atoms with Gasteiger partial charge in [-0.1, -0.05) is 30.2 Å². The molecule has 1 aliphatic carbocycles. The predicted octanol–water partition coefficient (Wildman–Crippen LogP) is 2.71. The summed E-state index contributed by atoms with van der Waals surface area (Å²) >= 11 is 6.07. The molecule has 0 heterocycles. The third kappa shape index (κ3) is 4.80. The van der Waals surface area contributed by atoms with Gasteiger partial charge in [0.05, 0.1) is 17.8 Å². The van der Waals surface area contributed by atoms with Crippen molar-refractivity contribution in [3.05, 3.63) is 53.1 Å². The van der Waals surface area contributed by atoms with Crippen LogP contribution in [0.15, 0.2) is 47.4 Å². The van der Waals surface area contributed by atoms with E-state index in [1.54, 1.807) is 18.2 Å². The normalized spacial score (nSPS) is 13.9. The lowest BCUT2D eigenvalue weighted by Gasteiger charge is -2.24. The average molecular weight is 438 g/mol. The van der Waals surface area contributed by atoms with Gasteiger partial charge in [-0.15, -0.1) is 0 Å². The number of rotatable bonds is 6. The molecule has 3 rings (SSSR count). The molecule has 10 heteroatoms. The summed E-state index contributed by atoms with van der Waals surface area (Å²) in [4.78, 5) is 23.9. The van der Waals surface area contributed by atoms with Crippen LogP contribution in [0, 0.1) is 5.92 Å². The summed E-state index contributed by atoms with van der Waals surface area (Å²) in [6.45, 7) is 0. The quantitative estimate of drug-likeness (QED) is 0.601. The summed E-state index contributed by atoms with van der Waals surface area (Å²) in [5.41, 5.74) is 4.92. The van der Waals surface area contributed by atoms with Crippen LogP contribution in [0.3, 0.4) is 0 Å². The Kier molecular flexibility index (Phi) is 6.29. The number of carbonyl (C=O) groups excluding carboxylic acids is 2. The van der Waals surface area contributed by atoms with Crippen molar-refractivity contribution in [2.24, 2.45) is 5.92 Å². The first-order valence-corrected chi connectivity index (χ1v) is 10.7. The molecule has 29 heavy (non-hydrogen) atoms. The van der Waals surface area contributed by atoms with Crippen LogP contribution < -0.4 is 20.3 Å². The molecule has 2 aromatic rings. The fraction of sp³-hybridized carbons (Fsp3) is 0.263. The summed E-state index contributed by atoms with van der Waals surface area (Å²) in [7, 11) is -2.68. The Morgan fingerprint density at radius 3 is 2.48 bits per heavy atom. The molecule has 2 aromatic carbocycles. The van der Waals surface area contributed by atoms with Crippen LogP contribution in [0.1, 0.15) is 29.6 Å². The number of amides is 2. The van der Waals surface area contributed by atoms with Gasteiger partial charge in [-0.25, -0.2) is 8.42 Å². The third-order valence-corrected chi connectivity index (χ3v) is 6.46. The molecule has 0 aliphatic heterocycles. The highest BCUT2D eigenvalue weighted by Crippen LogP contribution is 2.29. The van der Waals surface area contributed by atoms with Gasteiger partial charge in [-0.2, -0.15) is 0 Å². The first kappa shape index (κ1) is 20.9. The number of hydrogen-bond acceptors (Lipinski definition) is 5. The number of nitrogens with one attached hydrogen (secondary N) is 3. The summed E-state index contributed by atoms with van der Waals surface area (Å²) in [6.07, 6.45) is 2.57. The fourth-order valence-electron chi connectivity index (χ4n) is 2.74. The summed E-state index contributed by atoms with van der Waals surface area (Å²) in [5.74, 6) is -0.673. The smallest absolute Gasteiger partial charge is 0.269 e. The van der Waals surface area contributed by atoms with Crippen LogP contribution in [0.5, 0.6) is 5.75 Å². The third-order valence-electron chi connectivity index (χ3n) is 4.61. The zero-order valence-corrected chi connectivity index (χ0v) is 17.1. The molecular weight excluding hydrogens is 418 g/mol. The number of para-hydroxylation sites is 2. The number of ether oxygens (including phenoxy) is 1. The van der Waals surface area contributed by atoms with E-state index in [1.807, 2.05) is 0 Å². The van der Waals surface area contributed by atoms with Crippen LogP contribution in [-0.4, -0.2) is 27.3 Å². The van der Waals surface area contributed by atoms with Crippen molar-refractivity contribution < 1.29 is 22.7 Å². The number of hydrazine groups is 1. The maximum absolute atomic E-state index is 12.8.